The molecular weight excluding hydrogens is 353 g/mol. The van der Waals surface area contributed by atoms with E-state index in [1.807, 2.05) is 29.2 Å². The molecule has 2 aliphatic rings. The molecule has 2 aromatic carbocycles. The number of rotatable bonds is 5. The fraction of sp³-hybridized carbons (Fsp3) is 0.435. The van der Waals surface area contributed by atoms with E-state index in [2.05, 4.69) is 21.9 Å². The Labute approximate surface area is 166 Å². The molecule has 0 aliphatic carbocycles. The minimum Gasteiger partial charge on any atom is -0.372 e. The second-order valence-corrected chi connectivity index (χ2v) is 7.72. The van der Waals surface area contributed by atoms with Gasteiger partial charge in [0, 0.05) is 57.1 Å². The second kappa shape index (κ2) is 8.74. The molecule has 2 aromatic rings. The van der Waals surface area contributed by atoms with Crippen LogP contribution in [0.4, 0.5) is 10.1 Å². The number of carbonyl (C=O) groups is 1. The Hall–Kier alpha value is -2.40. The minimum atomic E-state index is -0.131. The van der Waals surface area contributed by atoms with Gasteiger partial charge in [0.25, 0.3) is 5.91 Å². The van der Waals surface area contributed by atoms with Crippen LogP contribution in [0.1, 0.15) is 28.8 Å². The molecule has 0 N–H and O–H groups in total. The topological polar surface area (TPSA) is 26.8 Å². The summed E-state index contributed by atoms with van der Waals surface area (Å²) in [4.78, 5) is 19.4. The molecule has 2 aliphatic heterocycles. The summed E-state index contributed by atoms with van der Waals surface area (Å²) in [6.45, 7) is 6.18. The highest BCUT2D eigenvalue weighted by atomic mass is 19.1. The number of carbonyl (C=O) groups excluding carboxylic acids is 1. The quantitative estimate of drug-likeness (QED) is 0.794. The summed E-state index contributed by atoms with van der Waals surface area (Å²) in [5, 5.41) is 0. The van der Waals surface area contributed by atoms with Crippen molar-refractivity contribution >= 4 is 11.6 Å². The Morgan fingerprint density at radius 1 is 0.857 bits per heavy atom. The number of halogens is 1. The SMILES string of the molecule is O=C(c1ccc(N2CCCC2)cc1)N1CCN(CCc2ccccc2F)CC1. The summed E-state index contributed by atoms with van der Waals surface area (Å²) in [6.07, 6.45) is 3.21. The van der Waals surface area contributed by atoms with Crippen molar-refractivity contribution in [2.75, 3.05) is 50.7 Å². The van der Waals surface area contributed by atoms with Crippen molar-refractivity contribution in [1.82, 2.24) is 9.80 Å². The molecule has 5 heteroatoms. The molecule has 0 radical (unpaired) electrons. The van der Waals surface area contributed by atoms with Gasteiger partial charge in [0.1, 0.15) is 5.82 Å². The predicted octanol–water partition coefficient (Wildman–Crippen LogP) is 3.43. The summed E-state index contributed by atoms with van der Waals surface area (Å²) >= 11 is 0. The molecular formula is C23H28FN3O. The molecule has 2 heterocycles. The van der Waals surface area contributed by atoms with Crippen molar-refractivity contribution in [3.8, 4) is 0 Å². The fourth-order valence-electron chi connectivity index (χ4n) is 4.13. The van der Waals surface area contributed by atoms with Gasteiger partial charge in [-0.05, 0) is 55.2 Å². The van der Waals surface area contributed by atoms with Gasteiger partial charge in [-0.3, -0.25) is 9.69 Å². The number of benzene rings is 2. The summed E-state index contributed by atoms with van der Waals surface area (Å²) < 4.78 is 13.8. The third-order valence-electron chi connectivity index (χ3n) is 5.90. The maximum absolute atomic E-state index is 13.8. The lowest BCUT2D eigenvalue weighted by molar-refractivity contribution is 0.0638. The molecule has 4 rings (SSSR count). The zero-order valence-corrected chi connectivity index (χ0v) is 16.3. The second-order valence-electron chi connectivity index (χ2n) is 7.72. The van der Waals surface area contributed by atoms with Crippen LogP contribution in [0, 0.1) is 5.82 Å². The molecule has 0 atom stereocenters. The molecule has 0 unspecified atom stereocenters. The number of piperazine rings is 1. The lowest BCUT2D eigenvalue weighted by Gasteiger charge is -2.35. The van der Waals surface area contributed by atoms with Gasteiger partial charge in [0.2, 0.25) is 0 Å². The van der Waals surface area contributed by atoms with Crippen LogP contribution in [0.5, 0.6) is 0 Å². The van der Waals surface area contributed by atoms with Gasteiger partial charge >= 0.3 is 0 Å². The van der Waals surface area contributed by atoms with Crippen molar-refractivity contribution in [3.63, 3.8) is 0 Å². The van der Waals surface area contributed by atoms with Crippen LogP contribution >= 0.6 is 0 Å². The third-order valence-corrected chi connectivity index (χ3v) is 5.90. The Balaban J connectivity index is 1.27. The molecule has 28 heavy (non-hydrogen) atoms. The van der Waals surface area contributed by atoms with E-state index >= 15 is 0 Å². The van der Waals surface area contributed by atoms with Crippen LogP contribution in [-0.2, 0) is 6.42 Å². The Morgan fingerprint density at radius 2 is 1.54 bits per heavy atom. The highest BCUT2D eigenvalue weighted by Gasteiger charge is 2.22. The van der Waals surface area contributed by atoms with E-state index in [1.165, 1.54) is 24.6 Å². The molecule has 2 saturated heterocycles. The van der Waals surface area contributed by atoms with Gasteiger partial charge in [0.15, 0.2) is 0 Å². The highest BCUT2D eigenvalue weighted by Crippen LogP contribution is 2.21. The largest absolute Gasteiger partial charge is 0.372 e. The van der Waals surface area contributed by atoms with E-state index in [1.54, 1.807) is 6.07 Å². The summed E-state index contributed by atoms with van der Waals surface area (Å²) in [6, 6.07) is 15.0. The smallest absolute Gasteiger partial charge is 0.253 e. The maximum Gasteiger partial charge on any atom is 0.253 e. The molecule has 4 nitrogen and oxygen atoms in total. The van der Waals surface area contributed by atoms with Gasteiger partial charge in [-0.1, -0.05) is 18.2 Å². The van der Waals surface area contributed by atoms with Crippen molar-refractivity contribution in [2.45, 2.75) is 19.3 Å². The summed E-state index contributed by atoms with van der Waals surface area (Å²) in [7, 11) is 0. The van der Waals surface area contributed by atoms with Gasteiger partial charge in [0.05, 0.1) is 0 Å². The Morgan fingerprint density at radius 3 is 2.21 bits per heavy atom. The van der Waals surface area contributed by atoms with Crippen molar-refractivity contribution < 1.29 is 9.18 Å². The summed E-state index contributed by atoms with van der Waals surface area (Å²) in [5.74, 6) is -0.0181. The average Bonchev–Trinajstić information content (AvgIpc) is 3.28. The molecule has 0 saturated carbocycles. The minimum absolute atomic E-state index is 0.113. The van der Waals surface area contributed by atoms with Crippen molar-refractivity contribution in [1.29, 1.82) is 0 Å². The number of amides is 1. The van der Waals surface area contributed by atoms with Gasteiger partial charge in [-0.2, -0.15) is 0 Å². The van der Waals surface area contributed by atoms with E-state index in [4.69, 9.17) is 0 Å². The lowest BCUT2D eigenvalue weighted by atomic mass is 10.1. The van der Waals surface area contributed by atoms with E-state index in [0.29, 0.717) is 6.42 Å². The fourth-order valence-corrected chi connectivity index (χ4v) is 4.13. The van der Waals surface area contributed by atoms with Crippen LogP contribution in [-0.4, -0.2) is 61.5 Å². The highest BCUT2D eigenvalue weighted by molar-refractivity contribution is 5.94. The Bertz CT molecular complexity index is 794. The van der Waals surface area contributed by atoms with Gasteiger partial charge < -0.3 is 9.80 Å². The Kier molecular flexibility index (Phi) is 5.91. The van der Waals surface area contributed by atoms with Crippen molar-refractivity contribution in [2.24, 2.45) is 0 Å². The first-order valence-electron chi connectivity index (χ1n) is 10.3. The van der Waals surface area contributed by atoms with Crippen LogP contribution in [0.2, 0.25) is 0 Å². The first-order chi connectivity index (χ1) is 13.7. The zero-order chi connectivity index (χ0) is 19.3. The standard InChI is InChI=1S/C23H28FN3O/c24-22-6-2-1-5-19(22)11-14-25-15-17-27(18-16-25)23(28)20-7-9-21(10-8-20)26-12-3-4-13-26/h1-2,5-10H,3-4,11-18H2. The number of hydrogen-bond acceptors (Lipinski definition) is 3. The van der Waals surface area contributed by atoms with Crippen LogP contribution in [0.3, 0.4) is 0 Å². The van der Waals surface area contributed by atoms with Crippen LogP contribution < -0.4 is 4.90 Å². The normalized spacial score (nSPS) is 17.9. The van der Waals surface area contributed by atoms with Crippen molar-refractivity contribution in [3.05, 3.63) is 65.5 Å². The molecule has 0 bridgehead atoms. The number of anilines is 1. The first kappa shape index (κ1) is 18.9. The average molecular weight is 381 g/mol. The lowest BCUT2D eigenvalue weighted by Crippen LogP contribution is -2.49. The van der Waals surface area contributed by atoms with Gasteiger partial charge in [-0.15, -0.1) is 0 Å². The van der Waals surface area contributed by atoms with E-state index < -0.39 is 0 Å². The van der Waals surface area contributed by atoms with E-state index in [-0.39, 0.29) is 11.7 Å². The zero-order valence-electron chi connectivity index (χ0n) is 16.3. The number of hydrogen-bond donors (Lipinski definition) is 0. The molecule has 2 fully saturated rings. The van der Waals surface area contributed by atoms with Crippen LogP contribution in [0.25, 0.3) is 0 Å². The van der Waals surface area contributed by atoms with Gasteiger partial charge in [-0.25, -0.2) is 4.39 Å². The predicted molar refractivity (Wildman–Crippen MR) is 110 cm³/mol. The first-order valence-corrected chi connectivity index (χ1v) is 10.3. The number of nitrogens with zero attached hydrogens (tertiary/aromatic N) is 3. The molecule has 148 valence electrons. The monoisotopic (exact) mass is 381 g/mol. The van der Waals surface area contributed by atoms with E-state index in [9.17, 15) is 9.18 Å². The molecule has 1 amide bonds. The summed E-state index contributed by atoms with van der Waals surface area (Å²) in [5.41, 5.74) is 2.74. The molecule has 0 spiro atoms. The van der Waals surface area contributed by atoms with E-state index in [0.717, 1.165) is 56.9 Å². The van der Waals surface area contributed by atoms with Crippen LogP contribution in [0.15, 0.2) is 48.5 Å². The third kappa shape index (κ3) is 4.36. The maximum atomic E-state index is 13.8. The molecule has 0 aromatic heterocycles.